The molecule has 2 aromatic heterocycles. The summed E-state index contributed by atoms with van der Waals surface area (Å²) >= 11 is 6.02. The molecule has 6 heteroatoms. The molecule has 2 heterocycles. The number of hydrogen-bond acceptors (Lipinski definition) is 2. The van der Waals surface area contributed by atoms with Crippen LogP contribution in [0.2, 0.25) is 5.02 Å². The number of halogens is 2. The Bertz CT molecular complexity index is 858. The van der Waals surface area contributed by atoms with Gasteiger partial charge in [0.1, 0.15) is 17.2 Å². The molecule has 4 nitrogen and oxygen atoms in total. The van der Waals surface area contributed by atoms with Crippen molar-refractivity contribution in [1.29, 1.82) is 0 Å². The van der Waals surface area contributed by atoms with Gasteiger partial charge < -0.3 is 5.32 Å². The van der Waals surface area contributed by atoms with Gasteiger partial charge in [-0.1, -0.05) is 30.7 Å². The van der Waals surface area contributed by atoms with Crippen LogP contribution in [0.25, 0.3) is 5.65 Å². The van der Waals surface area contributed by atoms with E-state index in [1.807, 2.05) is 6.92 Å². The number of nitrogens with zero attached hydrogens (tertiary/aromatic N) is 2. The second kappa shape index (κ2) is 6.38. The Hall–Kier alpha value is -2.40. The van der Waals surface area contributed by atoms with E-state index in [9.17, 15) is 9.18 Å². The fourth-order valence-corrected chi connectivity index (χ4v) is 2.58. The number of aryl methyl sites for hydroxylation is 1. The molecule has 0 bridgehead atoms. The Labute approximate surface area is 137 Å². The van der Waals surface area contributed by atoms with Crippen molar-refractivity contribution < 1.29 is 9.18 Å². The van der Waals surface area contributed by atoms with Gasteiger partial charge in [-0.2, -0.15) is 0 Å². The quantitative estimate of drug-likeness (QED) is 0.793. The van der Waals surface area contributed by atoms with Crippen molar-refractivity contribution >= 4 is 23.2 Å². The van der Waals surface area contributed by atoms with Crippen molar-refractivity contribution in [1.82, 2.24) is 14.7 Å². The fourth-order valence-electron chi connectivity index (χ4n) is 2.42. The van der Waals surface area contributed by atoms with Crippen LogP contribution < -0.4 is 5.32 Å². The van der Waals surface area contributed by atoms with Crippen molar-refractivity contribution in [3.63, 3.8) is 0 Å². The largest absolute Gasteiger partial charge is 0.347 e. The van der Waals surface area contributed by atoms with E-state index in [4.69, 9.17) is 11.6 Å². The summed E-state index contributed by atoms with van der Waals surface area (Å²) in [7, 11) is 0. The van der Waals surface area contributed by atoms with Crippen LogP contribution in [-0.4, -0.2) is 15.3 Å². The Morgan fingerprint density at radius 1 is 1.26 bits per heavy atom. The number of carbonyl (C=O) groups is 1. The van der Waals surface area contributed by atoms with Crippen molar-refractivity contribution in [3.8, 4) is 0 Å². The highest BCUT2D eigenvalue weighted by Crippen LogP contribution is 2.17. The zero-order valence-electron chi connectivity index (χ0n) is 12.5. The summed E-state index contributed by atoms with van der Waals surface area (Å²) in [5, 5.41) is 3.37. The second-order valence-electron chi connectivity index (χ2n) is 5.15. The standard InChI is InChI=1S/C17H15ClFN3O/c1-2-14-16(22-10-12(18)5-8-15(22)21-14)17(23)20-9-11-3-6-13(19)7-4-11/h3-8,10H,2,9H2,1H3,(H,20,23). The van der Waals surface area contributed by atoms with E-state index < -0.39 is 0 Å². The molecule has 0 radical (unpaired) electrons. The lowest BCUT2D eigenvalue weighted by Gasteiger charge is -2.07. The fraction of sp³-hybridized carbons (Fsp3) is 0.176. The van der Waals surface area contributed by atoms with Gasteiger partial charge in [0.2, 0.25) is 0 Å². The molecule has 23 heavy (non-hydrogen) atoms. The number of hydrogen-bond donors (Lipinski definition) is 1. The molecule has 0 saturated carbocycles. The summed E-state index contributed by atoms with van der Waals surface area (Å²) in [6.45, 7) is 2.26. The summed E-state index contributed by atoms with van der Waals surface area (Å²) in [6, 6.07) is 9.53. The van der Waals surface area contributed by atoms with E-state index in [-0.39, 0.29) is 11.7 Å². The lowest BCUT2D eigenvalue weighted by atomic mass is 10.2. The van der Waals surface area contributed by atoms with Crippen LogP contribution in [-0.2, 0) is 13.0 Å². The van der Waals surface area contributed by atoms with Crippen LogP contribution >= 0.6 is 11.6 Å². The highest BCUT2D eigenvalue weighted by atomic mass is 35.5. The number of imidazole rings is 1. The normalized spacial score (nSPS) is 10.9. The van der Waals surface area contributed by atoms with Crippen LogP contribution in [0.15, 0.2) is 42.6 Å². The minimum absolute atomic E-state index is 0.235. The van der Waals surface area contributed by atoms with Crippen molar-refractivity contribution in [3.05, 3.63) is 70.4 Å². The zero-order valence-corrected chi connectivity index (χ0v) is 13.3. The lowest BCUT2D eigenvalue weighted by Crippen LogP contribution is -2.25. The number of rotatable bonds is 4. The first-order chi connectivity index (χ1) is 11.1. The molecule has 118 valence electrons. The third-order valence-corrected chi connectivity index (χ3v) is 3.79. The van der Waals surface area contributed by atoms with Gasteiger partial charge in [0.25, 0.3) is 5.91 Å². The molecular formula is C17H15ClFN3O. The Kier molecular flexibility index (Phi) is 4.30. The minimum Gasteiger partial charge on any atom is -0.347 e. The molecular weight excluding hydrogens is 317 g/mol. The molecule has 0 atom stereocenters. The van der Waals surface area contributed by atoms with Gasteiger partial charge in [0.15, 0.2) is 0 Å². The van der Waals surface area contributed by atoms with Gasteiger partial charge >= 0.3 is 0 Å². The maximum absolute atomic E-state index is 12.9. The number of amides is 1. The second-order valence-corrected chi connectivity index (χ2v) is 5.58. The monoisotopic (exact) mass is 331 g/mol. The first kappa shape index (κ1) is 15.5. The van der Waals surface area contributed by atoms with E-state index in [0.717, 1.165) is 5.56 Å². The molecule has 0 aliphatic heterocycles. The molecule has 3 rings (SSSR count). The van der Waals surface area contributed by atoms with Gasteiger partial charge in [-0.05, 0) is 36.2 Å². The van der Waals surface area contributed by atoms with Crippen molar-refractivity contribution in [2.75, 3.05) is 0 Å². The zero-order chi connectivity index (χ0) is 16.4. The summed E-state index contributed by atoms with van der Waals surface area (Å²) in [4.78, 5) is 17.0. The number of fused-ring (bicyclic) bond motifs is 1. The summed E-state index contributed by atoms with van der Waals surface area (Å²) < 4.78 is 14.6. The molecule has 0 unspecified atom stereocenters. The highest BCUT2D eigenvalue weighted by Gasteiger charge is 2.18. The average Bonchev–Trinajstić information content (AvgIpc) is 2.91. The maximum Gasteiger partial charge on any atom is 0.270 e. The SMILES string of the molecule is CCc1nc2ccc(Cl)cn2c1C(=O)NCc1ccc(F)cc1. The van der Waals surface area contributed by atoms with E-state index in [0.29, 0.717) is 35.0 Å². The lowest BCUT2D eigenvalue weighted by molar-refractivity contribution is 0.0944. The summed E-state index contributed by atoms with van der Waals surface area (Å²) in [5.74, 6) is -0.536. The predicted octanol–water partition coefficient (Wildman–Crippen LogP) is 3.62. The van der Waals surface area contributed by atoms with Crippen LogP contribution in [0, 0.1) is 5.82 Å². The van der Waals surface area contributed by atoms with Gasteiger partial charge in [0, 0.05) is 12.7 Å². The molecule has 1 N–H and O–H groups in total. The van der Waals surface area contributed by atoms with Crippen LogP contribution in [0.4, 0.5) is 4.39 Å². The van der Waals surface area contributed by atoms with Crippen LogP contribution in [0.5, 0.6) is 0 Å². The topological polar surface area (TPSA) is 46.4 Å². The smallest absolute Gasteiger partial charge is 0.270 e. The molecule has 1 aromatic carbocycles. The van der Waals surface area contributed by atoms with Gasteiger partial charge in [-0.25, -0.2) is 9.37 Å². The van der Waals surface area contributed by atoms with Gasteiger partial charge in [0.05, 0.1) is 10.7 Å². The molecule has 0 saturated heterocycles. The van der Waals surface area contributed by atoms with Crippen molar-refractivity contribution in [2.24, 2.45) is 0 Å². The van der Waals surface area contributed by atoms with Crippen LogP contribution in [0.1, 0.15) is 28.7 Å². The molecule has 0 spiro atoms. The number of carbonyl (C=O) groups excluding carboxylic acids is 1. The summed E-state index contributed by atoms with van der Waals surface area (Å²) in [5.41, 5.74) is 2.69. The van der Waals surface area contributed by atoms with Crippen molar-refractivity contribution in [2.45, 2.75) is 19.9 Å². The van der Waals surface area contributed by atoms with E-state index >= 15 is 0 Å². The third kappa shape index (κ3) is 3.19. The first-order valence-electron chi connectivity index (χ1n) is 7.27. The molecule has 0 aliphatic rings. The van der Waals surface area contributed by atoms with E-state index in [1.54, 1.807) is 34.9 Å². The average molecular weight is 332 g/mol. The Morgan fingerprint density at radius 2 is 2.00 bits per heavy atom. The number of pyridine rings is 1. The molecule has 0 fully saturated rings. The number of aromatic nitrogens is 2. The third-order valence-electron chi connectivity index (χ3n) is 3.57. The maximum atomic E-state index is 12.9. The van der Waals surface area contributed by atoms with Gasteiger partial charge in [-0.15, -0.1) is 0 Å². The molecule has 3 aromatic rings. The minimum atomic E-state index is -0.301. The highest BCUT2D eigenvalue weighted by molar-refractivity contribution is 6.30. The van der Waals surface area contributed by atoms with Gasteiger partial charge in [-0.3, -0.25) is 9.20 Å². The number of nitrogens with one attached hydrogen (secondary N) is 1. The number of benzene rings is 1. The Balaban J connectivity index is 1.87. The summed E-state index contributed by atoms with van der Waals surface area (Å²) in [6.07, 6.45) is 2.31. The first-order valence-corrected chi connectivity index (χ1v) is 7.65. The van der Waals surface area contributed by atoms with E-state index in [2.05, 4.69) is 10.3 Å². The van der Waals surface area contributed by atoms with Crippen LogP contribution in [0.3, 0.4) is 0 Å². The Morgan fingerprint density at radius 3 is 2.70 bits per heavy atom. The molecule has 1 amide bonds. The predicted molar refractivity (Wildman–Crippen MR) is 87.2 cm³/mol. The van der Waals surface area contributed by atoms with E-state index in [1.165, 1.54) is 12.1 Å². The molecule has 0 aliphatic carbocycles.